The van der Waals surface area contributed by atoms with Crippen LogP contribution in [-0.4, -0.2) is 26.7 Å². The lowest BCUT2D eigenvalue weighted by atomic mass is 10.1. The van der Waals surface area contributed by atoms with Gasteiger partial charge in [-0.2, -0.15) is 0 Å². The van der Waals surface area contributed by atoms with Crippen LogP contribution in [0.3, 0.4) is 0 Å². The van der Waals surface area contributed by atoms with Gasteiger partial charge in [0, 0.05) is 6.20 Å². The summed E-state index contributed by atoms with van der Waals surface area (Å²) in [6, 6.07) is 9.48. The fourth-order valence-corrected chi connectivity index (χ4v) is 1.89. The van der Waals surface area contributed by atoms with E-state index in [1.165, 1.54) is 0 Å². The lowest BCUT2D eigenvalue weighted by Crippen LogP contribution is -2.36. The molecular formula is C15H20N4O2. The predicted molar refractivity (Wildman–Crippen MR) is 78.6 cm³/mol. The Bertz CT molecular complexity index is 561. The van der Waals surface area contributed by atoms with Gasteiger partial charge >= 0.3 is 6.09 Å². The van der Waals surface area contributed by atoms with Crippen molar-refractivity contribution in [3.05, 3.63) is 48.3 Å². The SMILES string of the molecule is CC(C)(C)OC(=O)NC(Cn1ccnn1)c1ccccc1. The van der Waals surface area contributed by atoms with Gasteiger partial charge in [0.15, 0.2) is 0 Å². The van der Waals surface area contributed by atoms with Crippen LogP contribution in [-0.2, 0) is 11.3 Å². The van der Waals surface area contributed by atoms with E-state index < -0.39 is 11.7 Å². The lowest BCUT2D eigenvalue weighted by molar-refractivity contribution is 0.0497. The molecule has 2 rings (SSSR count). The van der Waals surface area contributed by atoms with Crippen LogP contribution < -0.4 is 5.32 Å². The maximum Gasteiger partial charge on any atom is 0.408 e. The predicted octanol–water partition coefficient (Wildman–Crippen LogP) is 2.54. The van der Waals surface area contributed by atoms with Gasteiger partial charge in [-0.25, -0.2) is 4.79 Å². The number of hydrogen-bond acceptors (Lipinski definition) is 4. The van der Waals surface area contributed by atoms with Crippen LogP contribution in [0.15, 0.2) is 42.7 Å². The van der Waals surface area contributed by atoms with Crippen LogP contribution in [0, 0.1) is 0 Å². The maximum atomic E-state index is 12.0. The Morgan fingerprint density at radius 1 is 1.33 bits per heavy atom. The highest BCUT2D eigenvalue weighted by Gasteiger charge is 2.21. The van der Waals surface area contributed by atoms with Gasteiger partial charge in [0.25, 0.3) is 0 Å². The Morgan fingerprint density at radius 2 is 2.05 bits per heavy atom. The molecule has 0 bridgehead atoms. The third-order valence-corrected chi connectivity index (χ3v) is 2.73. The first-order valence-electron chi connectivity index (χ1n) is 6.82. The number of benzene rings is 1. The summed E-state index contributed by atoms with van der Waals surface area (Å²) in [5.74, 6) is 0. The summed E-state index contributed by atoms with van der Waals surface area (Å²) in [6.07, 6.45) is 2.92. The summed E-state index contributed by atoms with van der Waals surface area (Å²) >= 11 is 0. The van der Waals surface area contributed by atoms with Crippen LogP contribution in [0.4, 0.5) is 4.79 Å². The monoisotopic (exact) mass is 288 g/mol. The second kappa shape index (κ2) is 6.39. The molecule has 1 aromatic heterocycles. The molecule has 21 heavy (non-hydrogen) atoms. The quantitative estimate of drug-likeness (QED) is 0.938. The van der Waals surface area contributed by atoms with Gasteiger partial charge in [-0.05, 0) is 26.3 Å². The van der Waals surface area contributed by atoms with Gasteiger partial charge < -0.3 is 10.1 Å². The second-order valence-electron chi connectivity index (χ2n) is 5.73. The largest absolute Gasteiger partial charge is 0.444 e. The van der Waals surface area contributed by atoms with E-state index in [1.807, 2.05) is 51.1 Å². The van der Waals surface area contributed by atoms with Gasteiger partial charge in [-0.15, -0.1) is 5.10 Å². The fourth-order valence-electron chi connectivity index (χ4n) is 1.89. The number of aromatic nitrogens is 3. The number of nitrogens with one attached hydrogen (secondary N) is 1. The summed E-state index contributed by atoms with van der Waals surface area (Å²) in [4.78, 5) is 12.0. The number of ether oxygens (including phenoxy) is 1. The normalized spacial score (nSPS) is 12.7. The summed E-state index contributed by atoms with van der Waals surface area (Å²) in [6.45, 7) is 5.99. The standard InChI is InChI=1S/C15H20N4O2/c1-15(2,3)21-14(20)17-13(11-19-10-9-16-18-19)12-7-5-4-6-8-12/h4-10,13H,11H2,1-3H3,(H,17,20). The van der Waals surface area contributed by atoms with Crippen LogP contribution in [0.1, 0.15) is 32.4 Å². The van der Waals surface area contributed by atoms with Gasteiger partial charge in [0.05, 0.1) is 18.8 Å². The van der Waals surface area contributed by atoms with Crippen LogP contribution in [0.2, 0.25) is 0 Å². The third-order valence-electron chi connectivity index (χ3n) is 2.73. The van der Waals surface area contributed by atoms with Crippen LogP contribution in [0.25, 0.3) is 0 Å². The van der Waals surface area contributed by atoms with Gasteiger partial charge in [-0.1, -0.05) is 35.5 Å². The van der Waals surface area contributed by atoms with Crippen molar-refractivity contribution in [3.63, 3.8) is 0 Å². The molecule has 1 heterocycles. The van der Waals surface area contributed by atoms with Crippen molar-refractivity contribution < 1.29 is 9.53 Å². The van der Waals surface area contributed by atoms with E-state index in [0.29, 0.717) is 6.54 Å². The van der Waals surface area contributed by atoms with E-state index in [-0.39, 0.29) is 6.04 Å². The first kappa shape index (κ1) is 15.0. The molecule has 6 heteroatoms. The van der Waals surface area contributed by atoms with Crippen molar-refractivity contribution in [1.82, 2.24) is 20.3 Å². The van der Waals surface area contributed by atoms with E-state index in [9.17, 15) is 4.79 Å². The van der Waals surface area contributed by atoms with Crippen LogP contribution in [0.5, 0.6) is 0 Å². The van der Waals surface area contributed by atoms with Gasteiger partial charge in [0.2, 0.25) is 0 Å². The third kappa shape index (κ3) is 4.91. The smallest absolute Gasteiger partial charge is 0.408 e. The highest BCUT2D eigenvalue weighted by molar-refractivity contribution is 5.68. The molecule has 0 saturated carbocycles. The average molecular weight is 288 g/mol. The number of carbonyl (C=O) groups is 1. The minimum atomic E-state index is -0.529. The molecule has 0 spiro atoms. The van der Waals surface area contributed by atoms with E-state index in [2.05, 4.69) is 15.6 Å². The van der Waals surface area contributed by atoms with Crippen molar-refractivity contribution in [3.8, 4) is 0 Å². The summed E-state index contributed by atoms with van der Waals surface area (Å²) in [5.41, 5.74) is 0.456. The van der Waals surface area contributed by atoms with E-state index >= 15 is 0 Å². The Kier molecular flexibility index (Phi) is 4.57. The number of carbonyl (C=O) groups excluding carboxylic acids is 1. The van der Waals surface area contributed by atoms with Crippen molar-refractivity contribution in [2.75, 3.05) is 0 Å². The summed E-state index contributed by atoms with van der Waals surface area (Å²) < 4.78 is 6.99. The summed E-state index contributed by atoms with van der Waals surface area (Å²) in [5, 5.41) is 10.6. The second-order valence-corrected chi connectivity index (χ2v) is 5.73. The average Bonchev–Trinajstić information content (AvgIpc) is 2.90. The van der Waals surface area contributed by atoms with Gasteiger partial charge in [0.1, 0.15) is 5.60 Å². The maximum absolute atomic E-state index is 12.0. The molecule has 112 valence electrons. The first-order valence-corrected chi connectivity index (χ1v) is 6.82. The molecule has 0 aliphatic rings. The molecule has 1 atom stereocenters. The number of amides is 1. The molecule has 0 aliphatic carbocycles. The molecule has 6 nitrogen and oxygen atoms in total. The molecule has 1 unspecified atom stereocenters. The molecule has 0 saturated heterocycles. The fraction of sp³-hybridized carbons (Fsp3) is 0.400. The van der Waals surface area contributed by atoms with Crippen molar-refractivity contribution >= 4 is 6.09 Å². The molecule has 0 fully saturated rings. The van der Waals surface area contributed by atoms with E-state index in [1.54, 1.807) is 17.1 Å². The van der Waals surface area contributed by atoms with E-state index in [4.69, 9.17) is 4.74 Å². The molecule has 2 aromatic rings. The van der Waals surface area contributed by atoms with Gasteiger partial charge in [-0.3, -0.25) is 4.68 Å². The zero-order chi connectivity index (χ0) is 15.3. The highest BCUT2D eigenvalue weighted by Crippen LogP contribution is 2.16. The van der Waals surface area contributed by atoms with Crippen LogP contribution >= 0.6 is 0 Å². The summed E-state index contributed by atoms with van der Waals surface area (Å²) in [7, 11) is 0. The topological polar surface area (TPSA) is 69.0 Å². The van der Waals surface area contributed by atoms with E-state index in [0.717, 1.165) is 5.56 Å². The van der Waals surface area contributed by atoms with Crippen molar-refractivity contribution in [2.45, 2.75) is 39.0 Å². The minimum absolute atomic E-state index is 0.234. The molecule has 0 aliphatic heterocycles. The zero-order valence-electron chi connectivity index (χ0n) is 12.5. The van der Waals surface area contributed by atoms with Crippen molar-refractivity contribution in [2.24, 2.45) is 0 Å². The first-order chi connectivity index (χ1) is 9.94. The Hall–Kier alpha value is -2.37. The molecule has 0 radical (unpaired) electrons. The number of rotatable bonds is 4. The zero-order valence-corrected chi connectivity index (χ0v) is 12.5. The Labute approximate surface area is 124 Å². The lowest BCUT2D eigenvalue weighted by Gasteiger charge is -2.23. The molecule has 1 aromatic carbocycles. The minimum Gasteiger partial charge on any atom is -0.444 e. The highest BCUT2D eigenvalue weighted by atomic mass is 16.6. The molecule has 1 amide bonds. The number of alkyl carbamates (subject to hydrolysis) is 1. The molecular weight excluding hydrogens is 268 g/mol. The molecule has 1 N–H and O–H groups in total. The Balaban J connectivity index is 2.11. The number of nitrogens with zero attached hydrogens (tertiary/aromatic N) is 3. The number of hydrogen-bond donors (Lipinski definition) is 1. The van der Waals surface area contributed by atoms with Crippen molar-refractivity contribution in [1.29, 1.82) is 0 Å². The Morgan fingerprint density at radius 3 is 2.62 bits per heavy atom.